The quantitative estimate of drug-likeness (QED) is 0.703. The summed E-state index contributed by atoms with van der Waals surface area (Å²) in [6.07, 6.45) is 0. The van der Waals surface area contributed by atoms with Crippen molar-refractivity contribution in [3.05, 3.63) is 95.1 Å². The zero-order valence-electron chi connectivity index (χ0n) is 14.4. The summed E-state index contributed by atoms with van der Waals surface area (Å²) in [6, 6.07) is 24.7. The highest BCUT2D eigenvalue weighted by Crippen LogP contribution is 2.50. The first-order chi connectivity index (χ1) is 12.3. The smallest absolute Gasteiger partial charge is 0.167 e. The number of hydrogen-bond donors (Lipinski definition) is 0. The molecule has 3 aromatic carbocycles. The van der Waals surface area contributed by atoms with Crippen molar-refractivity contribution < 1.29 is 14.2 Å². The molecule has 126 valence electrons. The monoisotopic (exact) mass is 332 g/mol. The van der Waals surface area contributed by atoms with Crippen molar-refractivity contribution in [3.63, 3.8) is 0 Å². The van der Waals surface area contributed by atoms with Crippen LogP contribution in [-0.4, -0.2) is 14.2 Å². The van der Waals surface area contributed by atoms with Crippen molar-refractivity contribution >= 4 is 0 Å². The second-order valence-electron chi connectivity index (χ2n) is 6.08. The van der Waals surface area contributed by atoms with Crippen LogP contribution in [0.3, 0.4) is 0 Å². The lowest BCUT2D eigenvalue weighted by atomic mass is 9.77. The fourth-order valence-corrected chi connectivity index (χ4v) is 3.63. The minimum atomic E-state index is -0.727. The van der Waals surface area contributed by atoms with Crippen molar-refractivity contribution in [2.75, 3.05) is 14.2 Å². The standard InChI is InChI=1S/C22H20O3/c1-23-20-14-16-13-19(21(20)24-2)22(25-15-16,17-9-5-3-6-10-17)18-11-7-4-8-12-18/h3-14H,15H2,1-2H3. The molecule has 0 atom stereocenters. The lowest BCUT2D eigenvalue weighted by Crippen LogP contribution is -2.35. The van der Waals surface area contributed by atoms with Gasteiger partial charge in [-0.15, -0.1) is 0 Å². The van der Waals surface area contributed by atoms with Crippen molar-refractivity contribution in [3.8, 4) is 11.5 Å². The van der Waals surface area contributed by atoms with E-state index < -0.39 is 5.60 Å². The average Bonchev–Trinajstić information content (AvgIpc) is 2.69. The van der Waals surface area contributed by atoms with E-state index in [0.717, 1.165) is 28.0 Å². The number of benzene rings is 3. The molecule has 0 unspecified atom stereocenters. The largest absolute Gasteiger partial charge is 0.493 e. The molecule has 0 N–H and O–H groups in total. The van der Waals surface area contributed by atoms with Crippen LogP contribution < -0.4 is 9.47 Å². The summed E-state index contributed by atoms with van der Waals surface area (Å²) in [4.78, 5) is 0. The van der Waals surface area contributed by atoms with Gasteiger partial charge in [0, 0.05) is 5.56 Å². The van der Waals surface area contributed by atoms with E-state index >= 15 is 0 Å². The van der Waals surface area contributed by atoms with Gasteiger partial charge in [0.1, 0.15) is 5.60 Å². The number of fused-ring (bicyclic) bond motifs is 2. The molecular weight excluding hydrogens is 312 g/mol. The second kappa shape index (κ2) is 6.26. The Balaban J connectivity index is 2.07. The SMILES string of the molecule is COc1cc2cc(c1OC)C(c1ccccc1)(c1ccccc1)OC2. The molecule has 0 saturated carbocycles. The lowest BCUT2D eigenvalue weighted by Gasteiger charge is -2.40. The molecule has 1 aliphatic rings. The number of rotatable bonds is 4. The second-order valence-corrected chi connectivity index (χ2v) is 6.08. The molecule has 25 heavy (non-hydrogen) atoms. The molecule has 4 rings (SSSR count). The summed E-state index contributed by atoms with van der Waals surface area (Å²) in [5.41, 5.74) is 3.45. The van der Waals surface area contributed by atoms with Gasteiger partial charge in [-0.05, 0) is 28.8 Å². The topological polar surface area (TPSA) is 27.7 Å². The van der Waals surface area contributed by atoms with Crippen LogP contribution in [0, 0.1) is 0 Å². The average molecular weight is 332 g/mol. The van der Waals surface area contributed by atoms with Crippen LogP contribution in [-0.2, 0) is 16.9 Å². The zero-order valence-corrected chi connectivity index (χ0v) is 14.4. The van der Waals surface area contributed by atoms with Gasteiger partial charge in [-0.1, -0.05) is 60.7 Å². The van der Waals surface area contributed by atoms with Crippen molar-refractivity contribution in [1.82, 2.24) is 0 Å². The maximum absolute atomic E-state index is 6.52. The molecule has 3 nitrogen and oxygen atoms in total. The highest BCUT2D eigenvalue weighted by molar-refractivity contribution is 5.60. The zero-order chi connectivity index (χ0) is 17.3. The fourth-order valence-electron chi connectivity index (χ4n) is 3.63. The molecule has 0 amide bonds. The van der Waals surface area contributed by atoms with Crippen LogP contribution >= 0.6 is 0 Å². The van der Waals surface area contributed by atoms with E-state index in [0.29, 0.717) is 12.4 Å². The molecule has 1 aliphatic heterocycles. The van der Waals surface area contributed by atoms with Gasteiger partial charge in [0.05, 0.1) is 20.8 Å². The van der Waals surface area contributed by atoms with Gasteiger partial charge >= 0.3 is 0 Å². The van der Waals surface area contributed by atoms with E-state index in [9.17, 15) is 0 Å². The van der Waals surface area contributed by atoms with Crippen LogP contribution in [0.2, 0.25) is 0 Å². The van der Waals surface area contributed by atoms with E-state index in [4.69, 9.17) is 14.2 Å². The third-order valence-electron chi connectivity index (χ3n) is 4.73. The molecule has 0 saturated heterocycles. The maximum Gasteiger partial charge on any atom is 0.167 e. The van der Waals surface area contributed by atoms with Crippen LogP contribution in [0.5, 0.6) is 11.5 Å². The Bertz CT molecular complexity index is 833. The third kappa shape index (κ3) is 2.39. The van der Waals surface area contributed by atoms with Gasteiger partial charge in [0.2, 0.25) is 0 Å². The maximum atomic E-state index is 6.52. The first kappa shape index (κ1) is 15.7. The predicted octanol–water partition coefficient (Wildman–Crippen LogP) is 4.53. The van der Waals surface area contributed by atoms with E-state index in [1.807, 2.05) is 42.5 Å². The van der Waals surface area contributed by atoms with E-state index in [-0.39, 0.29) is 0 Å². The molecule has 0 aromatic heterocycles. The van der Waals surface area contributed by atoms with Crippen LogP contribution in [0.25, 0.3) is 0 Å². The Morgan fingerprint density at radius 2 is 1.40 bits per heavy atom. The molecule has 3 heteroatoms. The molecule has 0 spiro atoms. The van der Waals surface area contributed by atoms with Crippen LogP contribution in [0.15, 0.2) is 72.8 Å². The number of methoxy groups -OCH3 is 2. The summed E-state index contributed by atoms with van der Waals surface area (Å²) in [6.45, 7) is 0.511. The minimum Gasteiger partial charge on any atom is -0.493 e. The summed E-state index contributed by atoms with van der Waals surface area (Å²) in [5.74, 6) is 1.44. The molecule has 1 heterocycles. The van der Waals surface area contributed by atoms with Gasteiger partial charge < -0.3 is 14.2 Å². The highest BCUT2D eigenvalue weighted by Gasteiger charge is 2.43. The first-order valence-electron chi connectivity index (χ1n) is 8.30. The number of ether oxygens (including phenoxy) is 3. The van der Waals surface area contributed by atoms with E-state index in [1.165, 1.54) is 0 Å². The molecule has 3 aromatic rings. The van der Waals surface area contributed by atoms with Crippen molar-refractivity contribution in [2.24, 2.45) is 0 Å². The molecule has 0 fully saturated rings. The fraction of sp³-hybridized carbons (Fsp3) is 0.182. The van der Waals surface area contributed by atoms with Crippen LogP contribution in [0.1, 0.15) is 22.3 Å². The summed E-state index contributed by atoms with van der Waals surface area (Å²) >= 11 is 0. The van der Waals surface area contributed by atoms with Gasteiger partial charge in [0.25, 0.3) is 0 Å². The Labute approximate surface area is 147 Å². The summed E-state index contributed by atoms with van der Waals surface area (Å²) < 4.78 is 17.8. The Morgan fingerprint density at radius 3 is 1.92 bits per heavy atom. The first-order valence-corrected chi connectivity index (χ1v) is 8.30. The predicted molar refractivity (Wildman–Crippen MR) is 97.1 cm³/mol. The molecule has 2 bridgehead atoms. The van der Waals surface area contributed by atoms with Gasteiger partial charge in [0.15, 0.2) is 11.5 Å². The Kier molecular flexibility index (Phi) is 3.94. The van der Waals surface area contributed by atoms with Crippen molar-refractivity contribution in [1.29, 1.82) is 0 Å². The van der Waals surface area contributed by atoms with E-state index in [2.05, 4.69) is 30.3 Å². The minimum absolute atomic E-state index is 0.511. The Morgan fingerprint density at radius 1 is 0.800 bits per heavy atom. The summed E-state index contributed by atoms with van der Waals surface area (Å²) in [5, 5.41) is 0. The highest BCUT2D eigenvalue weighted by atomic mass is 16.5. The van der Waals surface area contributed by atoms with Gasteiger partial charge in [-0.2, -0.15) is 0 Å². The molecule has 0 aliphatic carbocycles. The number of hydrogen-bond acceptors (Lipinski definition) is 3. The normalized spacial score (nSPS) is 14.8. The van der Waals surface area contributed by atoms with E-state index in [1.54, 1.807) is 14.2 Å². The van der Waals surface area contributed by atoms with Gasteiger partial charge in [-0.25, -0.2) is 0 Å². The molecule has 0 radical (unpaired) electrons. The Hall–Kier alpha value is -2.78. The summed E-state index contributed by atoms with van der Waals surface area (Å²) in [7, 11) is 3.34. The van der Waals surface area contributed by atoms with Gasteiger partial charge in [-0.3, -0.25) is 0 Å². The van der Waals surface area contributed by atoms with Crippen molar-refractivity contribution in [2.45, 2.75) is 12.2 Å². The molecular formula is C22H20O3. The lowest BCUT2D eigenvalue weighted by molar-refractivity contribution is -0.00909. The van der Waals surface area contributed by atoms with Crippen LogP contribution in [0.4, 0.5) is 0 Å². The third-order valence-corrected chi connectivity index (χ3v) is 4.73.